The Kier molecular flexibility index (Phi) is 4.25. The summed E-state index contributed by atoms with van der Waals surface area (Å²) in [5, 5.41) is 2.70. The summed E-state index contributed by atoms with van der Waals surface area (Å²) in [7, 11) is 0. The number of rotatable bonds is 4. The van der Waals surface area contributed by atoms with Crippen molar-refractivity contribution in [2.24, 2.45) is 5.73 Å². The second-order valence-corrected chi connectivity index (χ2v) is 6.11. The molecule has 0 bridgehead atoms. The molecule has 24 heavy (non-hydrogen) atoms. The number of primary amides is 1. The van der Waals surface area contributed by atoms with Crippen LogP contribution in [0.4, 0.5) is 0 Å². The predicted octanol–water partition coefficient (Wildman–Crippen LogP) is 1.95. The van der Waals surface area contributed by atoms with Crippen LogP contribution < -0.4 is 15.8 Å². The van der Waals surface area contributed by atoms with Crippen molar-refractivity contribution in [1.82, 2.24) is 5.32 Å². The first-order chi connectivity index (χ1) is 11.5. The highest BCUT2D eigenvalue weighted by Gasteiger charge is 2.32. The number of fused-ring (bicyclic) bond motifs is 1. The fourth-order valence-corrected chi connectivity index (χ4v) is 2.86. The lowest BCUT2D eigenvalue weighted by Gasteiger charge is -2.18. The van der Waals surface area contributed by atoms with Crippen LogP contribution in [0.1, 0.15) is 28.3 Å². The SMILES string of the molecule is Cc1cc2c(cc1C)O[C@H](C(=O)N[C@@H](C(N)=O)c1ccccc1)C2. The second-order valence-electron chi connectivity index (χ2n) is 6.11. The van der Waals surface area contributed by atoms with Crippen LogP contribution in [-0.4, -0.2) is 17.9 Å². The summed E-state index contributed by atoms with van der Waals surface area (Å²) in [6, 6.07) is 12.1. The Hall–Kier alpha value is -2.82. The van der Waals surface area contributed by atoms with E-state index >= 15 is 0 Å². The lowest BCUT2D eigenvalue weighted by Crippen LogP contribution is -2.44. The van der Waals surface area contributed by atoms with Crippen molar-refractivity contribution in [1.29, 1.82) is 0 Å². The van der Waals surface area contributed by atoms with E-state index in [2.05, 4.69) is 5.32 Å². The predicted molar refractivity (Wildman–Crippen MR) is 90.6 cm³/mol. The standard InChI is InChI=1S/C19H20N2O3/c1-11-8-14-10-16(24-15(14)9-12(11)2)19(23)21-17(18(20)22)13-6-4-3-5-7-13/h3-9,16-17H,10H2,1-2H3,(H2,20,22)(H,21,23)/t16-,17+/m0/s1. The molecule has 0 aliphatic carbocycles. The number of carbonyl (C=O) groups is 2. The van der Waals surface area contributed by atoms with E-state index in [1.54, 1.807) is 24.3 Å². The Morgan fingerprint density at radius 3 is 2.50 bits per heavy atom. The molecule has 0 saturated carbocycles. The topological polar surface area (TPSA) is 81.4 Å². The number of hydrogen-bond donors (Lipinski definition) is 2. The van der Waals surface area contributed by atoms with Crippen LogP contribution in [0.2, 0.25) is 0 Å². The molecule has 1 heterocycles. The number of aryl methyl sites for hydroxylation is 2. The van der Waals surface area contributed by atoms with Crippen molar-refractivity contribution in [3.63, 3.8) is 0 Å². The molecule has 2 aromatic carbocycles. The number of hydrogen-bond acceptors (Lipinski definition) is 3. The molecule has 1 aliphatic rings. The van der Waals surface area contributed by atoms with Gasteiger partial charge in [-0.25, -0.2) is 0 Å². The van der Waals surface area contributed by atoms with Gasteiger partial charge in [-0.2, -0.15) is 0 Å². The lowest BCUT2D eigenvalue weighted by atomic mass is 10.0. The maximum atomic E-state index is 12.5. The highest BCUT2D eigenvalue weighted by atomic mass is 16.5. The highest BCUT2D eigenvalue weighted by Crippen LogP contribution is 2.31. The molecule has 0 unspecified atom stereocenters. The quantitative estimate of drug-likeness (QED) is 0.902. The number of amides is 2. The van der Waals surface area contributed by atoms with Gasteiger partial charge in [0.1, 0.15) is 11.8 Å². The zero-order chi connectivity index (χ0) is 17.3. The third kappa shape index (κ3) is 3.11. The molecule has 0 saturated heterocycles. The van der Waals surface area contributed by atoms with Gasteiger partial charge in [0.25, 0.3) is 5.91 Å². The average Bonchev–Trinajstić information content (AvgIpc) is 2.96. The van der Waals surface area contributed by atoms with E-state index in [9.17, 15) is 9.59 Å². The minimum atomic E-state index is -0.866. The van der Waals surface area contributed by atoms with E-state index in [4.69, 9.17) is 10.5 Å². The summed E-state index contributed by atoms with van der Waals surface area (Å²) in [6.07, 6.45) is -0.158. The number of nitrogens with two attached hydrogens (primary N) is 1. The lowest BCUT2D eigenvalue weighted by molar-refractivity contribution is -0.131. The van der Waals surface area contributed by atoms with Gasteiger partial charge in [-0.1, -0.05) is 36.4 Å². The van der Waals surface area contributed by atoms with Crippen molar-refractivity contribution < 1.29 is 14.3 Å². The van der Waals surface area contributed by atoms with Gasteiger partial charge in [-0.3, -0.25) is 9.59 Å². The Morgan fingerprint density at radius 2 is 1.83 bits per heavy atom. The normalized spacial score (nSPS) is 16.8. The van der Waals surface area contributed by atoms with Crippen molar-refractivity contribution in [3.05, 3.63) is 64.7 Å². The molecule has 5 nitrogen and oxygen atoms in total. The van der Waals surface area contributed by atoms with Gasteiger partial charge in [0.05, 0.1) is 0 Å². The van der Waals surface area contributed by atoms with Crippen LogP contribution in [0, 0.1) is 13.8 Å². The van der Waals surface area contributed by atoms with Crippen LogP contribution in [-0.2, 0) is 16.0 Å². The van der Waals surface area contributed by atoms with Gasteiger partial charge in [0.2, 0.25) is 5.91 Å². The molecule has 2 atom stereocenters. The highest BCUT2D eigenvalue weighted by molar-refractivity contribution is 5.90. The Morgan fingerprint density at radius 1 is 1.17 bits per heavy atom. The van der Waals surface area contributed by atoms with E-state index < -0.39 is 18.1 Å². The summed E-state index contributed by atoms with van der Waals surface area (Å²) in [4.78, 5) is 24.3. The van der Waals surface area contributed by atoms with Gasteiger partial charge in [-0.15, -0.1) is 0 Å². The maximum absolute atomic E-state index is 12.5. The Labute approximate surface area is 140 Å². The third-order valence-electron chi connectivity index (χ3n) is 4.35. The second kappa shape index (κ2) is 6.35. The molecule has 2 aromatic rings. The van der Waals surface area contributed by atoms with Gasteiger partial charge in [0.15, 0.2) is 6.10 Å². The molecular formula is C19H20N2O3. The largest absolute Gasteiger partial charge is 0.480 e. The zero-order valence-corrected chi connectivity index (χ0v) is 13.7. The molecule has 1 aliphatic heterocycles. The molecule has 2 amide bonds. The van der Waals surface area contributed by atoms with E-state index in [1.807, 2.05) is 32.0 Å². The van der Waals surface area contributed by atoms with E-state index in [0.29, 0.717) is 12.0 Å². The first-order valence-corrected chi connectivity index (χ1v) is 7.87. The monoisotopic (exact) mass is 324 g/mol. The van der Waals surface area contributed by atoms with Crippen LogP contribution in [0.3, 0.4) is 0 Å². The first kappa shape index (κ1) is 16.1. The molecule has 3 rings (SSSR count). The van der Waals surface area contributed by atoms with Gasteiger partial charge < -0.3 is 15.8 Å². The van der Waals surface area contributed by atoms with E-state index in [0.717, 1.165) is 22.4 Å². The van der Waals surface area contributed by atoms with Crippen LogP contribution in [0.5, 0.6) is 5.75 Å². The fraction of sp³-hybridized carbons (Fsp3) is 0.263. The molecule has 3 N–H and O–H groups in total. The van der Waals surface area contributed by atoms with Crippen LogP contribution in [0.25, 0.3) is 0 Å². The van der Waals surface area contributed by atoms with Crippen LogP contribution in [0.15, 0.2) is 42.5 Å². The molecular weight excluding hydrogens is 304 g/mol. The molecule has 0 fully saturated rings. The molecule has 0 spiro atoms. The van der Waals surface area contributed by atoms with Crippen molar-refractivity contribution in [2.45, 2.75) is 32.4 Å². The van der Waals surface area contributed by atoms with Crippen LogP contribution >= 0.6 is 0 Å². The zero-order valence-electron chi connectivity index (χ0n) is 13.7. The Balaban J connectivity index is 1.74. The molecule has 0 aromatic heterocycles. The molecule has 5 heteroatoms. The molecule has 0 radical (unpaired) electrons. The van der Waals surface area contributed by atoms with Gasteiger partial charge >= 0.3 is 0 Å². The van der Waals surface area contributed by atoms with Crippen molar-refractivity contribution in [3.8, 4) is 5.75 Å². The maximum Gasteiger partial charge on any atom is 0.262 e. The number of benzene rings is 2. The smallest absolute Gasteiger partial charge is 0.262 e. The Bertz CT molecular complexity index is 756. The fourth-order valence-electron chi connectivity index (χ4n) is 2.86. The minimum Gasteiger partial charge on any atom is -0.480 e. The number of carbonyl (C=O) groups excluding carboxylic acids is 2. The van der Waals surface area contributed by atoms with Gasteiger partial charge in [-0.05, 0) is 42.2 Å². The molecule has 124 valence electrons. The summed E-state index contributed by atoms with van der Waals surface area (Å²) in [5.41, 5.74) is 9.39. The van der Waals surface area contributed by atoms with Crippen molar-refractivity contribution >= 4 is 11.8 Å². The van der Waals surface area contributed by atoms with E-state index in [1.165, 1.54) is 0 Å². The van der Waals surface area contributed by atoms with Crippen molar-refractivity contribution in [2.75, 3.05) is 0 Å². The van der Waals surface area contributed by atoms with Gasteiger partial charge in [0, 0.05) is 6.42 Å². The van der Waals surface area contributed by atoms with E-state index in [-0.39, 0.29) is 5.91 Å². The summed E-state index contributed by atoms with van der Waals surface area (Å²) in [6.45, 7) is 4.03. The number of ether oxygens (including phenoxy) is 1. The first-order valence-electron chi connectivity index (χ1n) is 7.87. The minimum absolute atomic E-state index is 0.339. The summed E-state index contributed by atoms with van der Waals surface area (Å²) < 4.78 is 5.76. The third-order valence-corrected chi connectivity index (χ3v) is 4.35. The summed E-state index contributed by atoms with van der Waals surface area (Å²) in [5.74, 6) is -0.209. The summed E-state index contributed by atoms with van der Waals surface area (Å²) >= 11 is 0. The number of nitrogens with one attached hydrogen (secondary N) is 1. The average molecular weight is 324 g/mol.